The number of aromatic nitrogens is 1. The van der Waals surface area contributed by atoms with Crippen LogP contribution in [0.5, 0.6) is 0 Å². The van der Waals surface area contributed by atoms with Crippen molar-refractivity contribution in [2.75, 3.05) is 6.54 Å². The summed E-state index contributed by atoms with van der Waals surface area (Å²) in [5, 5.41) is 8.59. The number of hydrogen-bond donors (Lipinski definition) is 1. The Morgan fingerprint density at radius 1 is 0.793 bits per heavy atom. The molecule has 0 bridgehead atoms. The first-order valence-corrected chi connectivity index (χ1v) is 9.69. The van der Waals surface area contributed by atoms with Gasteiger partial charge in [-0.2, -0.15) is 0 Å². The molecule has 0 fully saturated rings. The molecule has 7 heteroatoms. The summed E-state index contributed by atoms with van der Waals surface area (Å²) in [6.07, 6.45) is 3.90. The molecule has 146 valence electrons. The molecule has 1 aliphatic rings. The second-order valence-electron chi connectivity index (χ2n) is 6.97. The number of aryl methyl sites for hydroxylation is 1. The summed E-state index contributed by atoms with van der Waals surface area (Å²) in [6.45, 7) is 0.600. The molecule has 0 radical (unpaired) electrons. The minimum atomic E-state index is -2.69. The molecule has 2 aromatic carbocycles. The van der Waals surface area contributed by atoms with E-state index in [1.807, 2.05) is 54.6 Å². The highest BCUT2D eigenvalue weighted by atomic mass is 19.2. The molecule has 1 aromatic heterocycles. The number of pyridine rings is 1. The third-order valence-corrected chi connectivity index (χ3v) is 5.05. The molecule has 0 amide bonds. The topological polar surface area (TPSA) is 55.7 Å². The van der Waals surface area contributed by atoms with Crippen molar-refractivity contribution in [1.82, 2.24) is 4.48 Å². The van der Waals surface area contributed by atoms with Crippen molar-refractivity contribution in [2.24, 2.45) is 15.9 Å². The highest BCUT2D eigenvalue weighted by Gasteiger charge is 2.24. The van der Waals surface area contributed by atoms with Gasteiger partial charge in [0.2, 0.25) is 0 Å². The SMILES string of the molecule is NCCCCc1cc/c(=N/N=C2c3ccccc3-c3ccccc32)n(B(F)F)c1. The fourth-order valence-electron chi connectivity index (χ4n) is 3.62. The largest absolute Gasteiger partial charge is 0.678 e. The molecule has 1 aliphatic carbocycles. The summed E-state index contributed by atoms with van der Waals surface area (Å²) < 4.78 is 28.1. The van der Waals surface area contributed by atoms with E-state index in [0.29, 0.717) is 18.7 Å². The third kappa shape index (κ3) is 3.91. The van der Waals surface area contributed by atoms with Crippen molar-refractivity contribution < 1.29 is 8.63 Å². The van der Waals surface area contributed by atoms with E-state index >= 15 is 0 Å². The lowest BCUT2D eigenvalue weighted by Crippen LogP contribution is -2.29. The number of nitrogens with two attached hydrogens (primary N) is 1. The van der Waals surface area contributed by atoms with Gasteiger partial charge in [0.15, 0.2) is 0 Å². The number of halogens is 2. The molecule has 0 atom stereocenters. The van der Waals surface area contributed by atoms with Gasteiger partial charge < -0.3 is 10.2 Å². The zero-order valence-corrected chi connectivity index (χ0v) is 15.9. The molecule has 0 spiro atoms. The normalized spacial score (nSPS) is 12.7. The molecular formula is C22H21BF2N4. The van der Waals surface area contributed by atoms with E-state index in [2.05, 4.69) is 10.2 Å². The number of rotatable bonds is 6. The predicted octanol–water partition coefficient (Wildman–Crippen LogP) is 3.88. The van der Waals surface area contributed by atoms with Gasteiger partial charge in [0.1, 0.15) is 11.2 Å². The fraction of sp³-hybridized carbons (Fsp3) is 0.182. The Kier molecular flexibility index (Phi) is 5.67. The Morgan fingerprint density at radius 3 is 2.00 bits per heavy atom. The lowest BCUT2D eigenvalue weighted by atomic mass is 10.1. The van der Waals surface area contributed by atoms with Crippen molar-refractivity contribution in [3.05, 3.63) is 89.0 Å². The van der Waals surface area contributed by atoms with Crippen molar-refractivity contribution in [3.8, 4) is 11.1 Å². The predicted molar refractivity (Wildman–Crippen MR) is 113 cm³/mol. The van der Waals surface area contributed by atoms with E-state index in [4.69, 9.17) is 5.73 Å². The Bertz CT molecular complexity index is 1070. The maximum absolute atomic E-state index is 13.6. The standard InChI is InChI=1S/C22H21BF2N4/c24-23(25)29-15-16(7-5-6-14-26)12-13-21(29)27-28-22-19-10-3-1-8-17(19)18-9-2-4-11-20(18)22/h1-4,8-13,15H,5-7,14,26H2/b27-21-. The van der Waals surface area contributed by atoms with Gasteiger partial charge in [-0.25, -0.2) is 0 Å². The average molecular weight is 390 g/mol. The van der Waals surface area contributed by atoms with E-state index in [0.717, 1.165) is 45.1 Å². The molecular weight excluding hydrogens is 369 g/mol. The molecule has 0 aliphatic heterocycles. The number of nitrogens with zero attached hydrogens (tertiary/aromatic N) is 3. The van der Waals surface area contributed by atoms with Gasteiger partial charge >= 0.3 is 7.40 Å². The summed E-state index contributed by atoms with van der Waals surface area (Å²) in [4.78, 5) is 0. The van der Waals surface area contributed by atoms with Crippen LogP contribution in [0, 0.1) is 0 Å². The average Bonchev–Trinajstić information content (AvgIpc) is 3.07. The van der Waals surface area contributed by atoms with E-state index in [9.17, 15) is 8.63 Å². The van der Waals surface area contributed by atoms with Crippen LogP contribution in [0.25, 0.3) is 11.1 Å². The molecule has 29 heavy (non-hydrogen) atoms. The number of unbranched alkanes of at least 4 members (excludes halogenated alkanes) is 1. The Labute approximate surface area is 168 Å². The summed E-state index contributed by atoms with van der Waals surface area (Å²) >= 11 is 0. The molecule has 2 N–H and O–H groups in total. The van der Waals surface area contributed by atoms with Crippen LogP contribution in [0.3, 0.4) is 0 Å². The number of fused-ring (bicyclic) bond motifs is 3. The first kappa shape index (κ1) is 19.3. The lowest BCUT2D eigenvalue weighted by Gasteiger charge is -2.07. The van der Waals surface area contributed by atoms with Crippen molar-refractivity contribution in [1.29, 1.82) is 0 Å². The van der Waals surface area contributed by atoms with Crippen LogP contribution in [0.4, 0.5) is 8.63 Å². The zero-order chi connectivity index (χ0) is 20.2. The summed E-state index contributed by atoms with van der Waals surface area (Å²) in [6, 6.07) is 19.3. The van der Waals surface area contributed by atoms with Gasteiger partial charge in [0.05, 0.1) is 0 Å². The first-order chi connectivity index (χ1) is 14.2. The van der Waals surface area contributed by atoms with Gasteiger partial charge in [-0.05, 0) is 48.6 Å². The van der Waals surface area contributed by atoms with Crippen LogP contribution in [-0.2, 0) is 6.42 Å². The van der Waals surface area contributed by atoms with Crippen LogP contribution in [0.1, 0.15) is 29.5 Å². The maximum Gasteiger partial charge on any atom is 0.678 e. The molecule has 0 unspecified atom stereocenters. The van der Waals surface area contributed by atoms with Gasteiger partial charge in [0.25, 0.3) is 0 Å². The second kappa shape index (κ2) is 8.53. The number of hydrogen-bond acceptors (Lipinski definition) is 3. The highest BCUT2D eigenvalue weighted by molar-refractivity contribution is 6.40. The lowest BCUT2D eigenvalue weighted by molar-refractivity contribution is 0.616. The van der Waals surface area contributed by atoms with Crippen LogP contribution in [0.15, 0.2) is 77.1 Å². The van der Waals surface area contributed by atoms with Crippen LogP contribution in [0.2, 0.25) is 0 Å². The minimum Gasteiger partial charge on any atom is -0.330 e. The fourth-order valence-corrected chi connectivity index (χ4v) is 3.62. The first-order valence-electron chi connectivity index (χ1n) is 9.69. The van der Waals surface area contributed by atoms with E-state index in [1.165, 1.54) is 6.20 Å². The highest BCUT2D eigenvalue weighted by Crippen LogP contribution is 2.36. The van der Waals surface area contributed by atoms with Crippen LogP contribution in [-0.4, -0.2) is 24.1 Å². The van der Waals surface area contributed by atoms with Crippen molar-refractivity contribution in [3.63, 3.8) is 0 Å². The molecule has 4 nitrogen and oxygen atoms in total. The smallest absolute Gasteiger partial charge is 0.330 e. The Balaban J connectivity index is 1.76. The van der Waals surface area contributed by atoms with E-state index in [1.54, 1.807) is 6.07 Å². The summed E-state index contributed by atoms with van der Waals surface area (Å²) in [5.41, 5.74) is 11.2. The molecule has 1 heterocycles. The van der Waals surface area contributed by atoms with Gasteiger partial charge in [0, 0.05) is 17.3 Å². The Morgan fingerprint density at radius 2 is 1.41 bits per heavy atom. The summed E-state index contributed by atoms with van der Waals surface area (Å²) in [7, 11) is -2.69. The second-order valence-corrected chi connectivity index (χ2v) is 6.97. The van der Waals surface area contributed by atoms with Gasteiger partial charge in [-0.3, -0.25) is 8.63 Å². The van der Waals surface area contributed by atoms with Crippen molar-refractivity contribution in [2.45, 2.75) is 19.3 Å². The Hall–Kier alpha value is -3.06. The van der Waals surface area contributed by atoms with E-state index < -0.39 is 7.40 Å². The van der Waals surface area contributed by atoms with Crippen molar-refractivity contribution >= 4 is 13.1 Å². The summed E-state index contributed by atoms with van der Waals surface area (Å²) in [5.74, 6) is 0. The molecule has 0 saturated heterocycles. The van der Waals surface area contributed by atoms with Crippen LogP contribution < -0.4 is 11.2 Å². The zero-order valence-electron chi connectivity index (χ0n) is 15.9. The quantitative estimate of drug-likeness (QED) is 0.303. The minimum absolute atomic E-state index is 0.122. The maximum atomic E-state index is 13.6. The molecule has 4 rings (SSSR count). The van der Waals surface area contributed by atoms with E-state index in [-0.39, 0.29) is 5.49 Å². The van der Waals surface area contributed by atoms with Crippen LogP contribution >= 0.6 is 0 Å². The monoisotopic (exact) mass is 390 g/mol. The molecule has 0 saturated carbocycles. The third-order valence-electron chi connectivity index (χ3n) is 5.05. The molecule has 3 aromatic rings. The van der Waals surface area contributed by atoms with Gasteiger partial charge in [-0.1, -0.05) is 54.6 Å². The van der Waals surface area contributed by atoms with Gasteiger partial charge in [-0.15, -0.1) is 10.2 Å². The number of benzene rings is 2.